The van der Waals surface area contributed by atoms with Gasteiger partial charge in [0.25, 0.3) is 11.5 Å². The van der Waals surface area contributed by atoms with Gasteiger partial charge in [0.15, 0.2) is 0 Å². The van der Waals surface area contributed by atoms with Crippen molar-refractivity contribution in [2.75, 3.05) is 19.7 Å². The maximum atomic E-state index is 12.6. The van der Waals surface area contributed by atoms with E-state index in [-0.39, 0.29) is 22.9 Å². The molecule has 0 radical (unpaired) electrons. The van der Waals surface area contributed by atoms with Gasteiger partial charge in [0, 0.05) is 44.6 Å². The zero-order valence-corrected chi connectivity index (χ0v) is 13.6. The van der Waals surface area contributed by atoms with Crippen LogP contribution < -0.4 is 10.3 Å². The predicted octanol–water partition coefficient (Wildman–Crippen LogP) is 1.11. The molecule has 1 atom stereocenters. The molecule has 1 aliphatic heterocycles. The summed E-state index contributed by atoms with van der Waals surface area (Å²) in [7, 11) is 1.64. The normalized spacial score (nSPS) is 17.5. The number of carbonyl (C=O) groups is 1. The Labute approximate surface area is 139 Å². The second-order valence-corrected chi connectivity index (χ2v) is 5.94. The van der Waals surface area contributed by atoms with Crippen molar-refractivity contribution < 1.29 is 9.53 Å². The molecule has 0 aromatic carbocycles. The number of hydrogen-bond acceptors (Lipinski definition) is 5. The van der Waals surface area contributed by atoms with Crippen LogP contribution in [0, 0.1) is 5.92 Å². The summed E-state index contributed by atoms with van der Waals surface area (Å²) in [6.07, 6.45) is 6.77. The van der Waals surface area contributed by atoms with Crippen LogP contribution >= 0.6 is 0 Å². The molecule has 126 valence electrons. The molecule has 24 heavy (non-hydrogen) atoms. The van der Waals surface area contributed by atoms with Gasteiger partial charge in [0.2, 0.25) is 0 Å². The van der Waals surface area contributed by atoms with Crippen molar-refractivity contribution in [1.82, 2.24) is 19.4 Å². The molecule has 2 aromatic heterocycles. The highest BCUT2D eigenvalue weighted by Gasteiger charge is 2.26. The molecule has 0 aliphatic carbocycles. The van der Waals surface area contributed by atoms with Crippen LogP contribution in [0.4, 0.5) is 0 Å². The largest absolute Gasteiger partial charge is 0.463 e. The Kier molecular flexibility index (Phi) is 4.88. The highest BCUT2D eigenvalue weighted by atomic mass is 16.5. The third kappa shape index (κ3) is 3.61. The summed E-state index contributed by atoms with van der Waals surface area (Å²) in [5.41, 5.74) is -0.0495. The summed E-state index contributed by atoms with van der Waals surface area (Å²) < 4.78 is 7.02. The molecule has 1 saturated heterocycles. The van der Waals surface area contributed by atoms with Gasteiger partial charge in [-0.2, -0.15) is 0 Å². The monoisotopic (exact) mass is 328 g/mol. The minimum Gasteiger partial charge on any atom is -0.463 e. The first-order chi connectivity index (χ1) is 11.6. The van der Waals surface area contributed by atoms with E-state index in [9.17, 15) is 9.59 Å². The molecule has 0 saturated carbocycles. The highest BCUT2D eigenvalue weighted by molar-refractivity contribution is 5.93. The van der Waals surface area contributed by atoms with Crippen molar-refractivity contribution in [2.45, 2.75) is 12.8 Å². The summed E-state index contributed by atoms with van der Waals surface area (Å²) in [6, 6.07) is 5.38. The van der Waals surface area contributed by atoms with Gasteiger partial charge in [-0.1, -0.05) is 0 Å². The van der Waals surface area contributed by atoms with Crippen LogP contribution in [0.5, 0.6) is 6.01 Å². The lowest BCUT2D eigenvalue weighted by Gasteiger charge is -2.32. The minimum absolute atomic E-state index is 0.207. The Balaban J connectivity index is 1.63. The molecule has 1 aliphatic rings. The Morgan fingerprint density at radius 1 is 1.33 bits per heavy atom. The van der Waals surface area contributed by atoms with E-state index in [1.54, 1.807) is 48.7 Å². The first-order valence-corrected chi connectivity index (χ1v) is 8.00. The summed E-state index contributed by atoms with van der Waals surface area (Å²) >= 11 is 0. The lowest BCUT2D eigenvalue weighted by Crippen LogP contribution is -2.43. The summed E-state index contributed by atoms with van der Waals surface area (Å²) in [6.45, 7) is 1.69. The van der Waals surface area contributed by atoms with Gasteiger partial charge in [0.1, 0.15) is 5.56 Å². The van der Waals surface area contributed by atoms with Crippen molar-refractivity contribution in [3.8, 4) is 6.01 Å². The molecule has 1 amide bonds. The van der Waals surface area contributed by atoms with Crippen LogP contribution in [0.2, 0.25) is 0 Å². The van der Waals surface area contributed by atoms with Gasteiger partial charge < -0.3 is 14.2 Å². The van der Waals surface area contributed by atoms with Crippen molar-refractivity contribution in [3.63, 3.8) is 0 Å². The molecule has 7 heteroatoms. The third-order valence-corrected chi connectivity index (χ3v) is 4.15. The highest BCUT2D eigenvalue weighted by Crippen LogP contribution is 2.18. The molecule has 0 N–H and O–H groups in total. The molecule has 0 spiro atoms. The zero-order chi connectivity index (χ0) is 16.9. The first-order valence-electron chi connectivity index (χ1n) is 8.00. The Bertz CT molecular complexity index is 760. The summed E-state index contributed by atoms with van der Waals surface area (Å²) in [4.78, 5) is 34.6. The number of aryl methyl sites for hydroxylation is 1. The number of carbonyl (C=O) groups excluding carboxylic acids is 1. The number of aromatic nitrogens is 3. The second kappa shape index (κ2) is 7.25. The Morgan fingerprint density at radius 3 is 2.92 bits per heavy atom. The van der Waals surface area contributed by atoms with E-state index in [1.807, 2.05) is 0 Å². The fourth-order valence-corrected chi connectivity index (χ4v) is 2.87. The Morgan fingerprint density at radius 2 is 2.12 bits per heavy atom. The van der Waals surface area contributed by atoms with Gasteiger partial charge >= 0.3 is 6.01 Å². The lowest BCUT2D eigenvalue weighted by molar-refractivity contribution is 0.0626. The van der Waals surface area contributed by atoms with Crippen molar-refractivity contribution in [1.29, 1.82) is 0 Å². The van der Waals surface area contributed by atoms with Crippen LogP contribution in [-0.4, -0.2) is 45.0 Å². The molecule has 3 rings (SSSR count). The first kappa shape index (κ1) is 16.2. The lowest BCUT2D eigenvalue weighted by atomic mass is 9.98. The minimum atomic E-state index is -0.265. The topological polar surface area (TPSA) is 77.3 Å². The molecule has 7 nitrogen and oxygen atoms in total. The zero-order valence-electron chi connectivity index (χ0n) is 13.6. The second-order valence-electron chi connectivity index (χ2n) is 5.94. The number of piperidine rings is 1. The van der Waals surface area contributed by atoms with Crippen LogP contribution in [0.1, 0.15) is 23.2 Å². The number of pyridine rings is 1. The van der Waals surface area contributed by atoms with E-state index in [0.29, 0.717) is 25.7 Å². The quantitative estimate of drug-likeness (QED) is 0.840. The molecular weight excluding hydrogens is 308 g/mol. The number of nitrogens with zero attached hydrogens (tertiary/aromatic N) is 4. The van der Waals surface area contributed by atoms with Gasteiger partial charge in [-0.25, -0.2) is 9.97 Å². The van der Waals surface area contributed by atoms with Gasteiger partial charge in [-0.15, -0.1) is 0 Å². The standard InChI is InChI=1S/C17H20N4O3/c1-20-9-3-6-14(15(20)22)16(23)21-10-2-5-13(11-21)12-24-17-18-7-4-8-19-17/h3-4,6-9,13H,2,5,10-12H2,1H3. The fourth-order valence-electron chi connectivity index (χ4n) is 2.87. The smallest absolute Gasteiger partial charge is 0.316 e. The molecule has 2 aromatic rings. The van der Waals surface area contributed by atoms with Crippen molar-refractivity contribution in [3.05, 3.63) is 52.7 Å². The number of likely N-dealkylation sites (tertiary alicyclic amines) is 1. The van der Waals surface area contributed by atoms with Crippen molar-refractivity contribution in [2.24, 2.45) is 13.0 Å². The van der Waals surface area contributed by atoms with E-state index in [2.05, 4.69) is 9.97 Å². The third-order valence-electron chi connectivity index (χ3n) is 4.15. The maximum Gasteiger partial charge on any atom is 0.316 e. The van der Waals surface area contributed by atoms with Gasteiger partial charge in [0.05, 0.1) is 6.61 Å². The summed E-state index contributed by atoms with van der Waals surface area (Å²) in [5, 5.41) is 0. The van der Waals surface area contributed by atoms with Gasteiger partial charge in [-0.3, -0.25) is 9.59 Å². The number of ether oxygens (including phenoxy) is 1. The molecular formula is C17H20N4O3. The van der Waals surface area contributed by atoms with E-state index in [4.69, 9.17) is 4.74 Å². The maximum absolute atomic E-state index is 12.6. The van der Waals surface area contributed by atoms with Crippen LogP contribution in [0.25, 0.3) is 0 Å². The van der Waals surface area contributed by atoms with Crippen LogP contribution in [0.15, 0.2) is 41.6 Å². The molecule has 3 heterocycles. The average Bonchev–Trinajstić information content (AvgIpc) is 2.63. The number of amides is 1. The number of hydrogen-bond donors (Lipinski definition) is 0. The van der Waals surface area contributed by atoms with Gasteiger partial charge in [-0.05, 0) is 31.0 Å². The summed E-state index contributed by atoms with van der Waals surface area (Å²) in [5.74, 6) is -0.00377. The van der Waals surface area contributed by atoms with Crippen LogP contribution in [-0.2, 0) is 7.05 Å². The van der Waals surface area contributed by atoms with E-state index < -0.39 is 0 Å². The number of rotatable bonds is 4. The SMILES string of the molecule is Cn1cccc(C(=O)N2CCCC(COc3ncccn3)C2)c1=O. The van der Waals surface area contributed by atoms with Crippen LogP contribution in [0.3, 0.4) is 0 Å². The van der Waals surface area contributed by atoms with E-state index >= 15 is 0 Å². The van der Waals surface area contributed by atoms with E-state index in [1.165, 1.54) is 4.57 Å². The van der Waals surface area contributed by atoms with Crippen molar-refractivity contribution >= 4 is 5.91 Å². The molecule has 1 unspecified atom stereocenters. The molecule has 1 fully saturated rings. The Hall–Kier alpha value is -2.70. The van der Waals surface area contributed by atoms with E-state index in [0.717, 1.165) is 12.8 Å². The predicted molar refractivity (Wildman–Crippen MR) is 87.8 cm³/mol. The fraction of sp³-hybridized carbons (Fsp3) is 0.412. The molecule has 0 bridgehead atoms. The average molecular weight is 328 g/mol.